The van der Waals surface area contributed by atoms with Crippen LogP contribution in [-0.2, 0) is 65.4 Å². The van der Waals surface area contributed by atoms with Gasteiger partial charge in [0, 0.05) is 25.7 Å². The lowest BCUT2D eigenvalue weighted by Gasteiger charge is -2.21. The van der Waals surface area contributed by atoms with Gasteiger partial charge in [0.2, 0.25) is 0 Å². The van der Waals surface area contributed by atoms with Gasteiger partial charge in [0.15, 0.2) is 12.2 Å². The molecule has 584 valence electrons. The molecule has 0 aromatic carbocycles. The Kier molecular flexibility index (Phi) is 71.0. The van der Waals surface area contributed by atoms with Crippen molar-refractivity contribution in [2.75, 3.05) is 39.6 Å². The van der Waals surface area contributed by atoms with Gasteiger partial charge >= 0.3 is 39.5 Å². The number of hydrogen-bond acceptors (Lipinski definition) is 15. The van der Waals surface area contributed by atoms with Gasteiger partial charge in [-0.1, -0.05) is 283 Å². The van der Waals surface area contributed by atoms with Crippen molar-refractivity contribution in [2.24, 2.45) is 0 Å². The van der Waals surface area contributed by atoms with E-state index in [-0.39, 0.29) is 25.7 Å². The summed E-state index contributed by atoms with van der Waals surface area (Å²) in [5, 5.41) is 10.6. The SMILES string of the molecule is CC/C=C\C/C=C\C/C=C\C/C=C\C/C=C\CCCCCC(=O)OCC(COP(=O)(O)OCC(O)COP(=O)(O)OCC(COC(=O)CCC/C=C\C/C=C\C/C=C\C/C=C\C/C=C\CC)OC(=O)CCCCCCC/C=C\CCCCCC)OC(=O)CCCCCCCCCCCCCCC. The van der Waals surface area contributed by atoms with E-state index in [9.17, 15) is 43.2 Å². The minimum atomic E-state index is -4.99. The molecule has 17 nitrogen and oxygen atoms in total. The van der Waals surface area contributed by atoms with Crippen LogP contribution in [0.4, 0.5) is 0 Å². The summed E-state index contributed by atoms with van der Waals surface area (Å²) < 4.78 is 68.5. The van der Waals surface area contributed by atoms with Crippen molar-refractivity contribution in [1.29, 1.82) is 0 Å². The highest BCUT2D eigenvalue weighted by molar-refractivity contribution is 7.47. The van der Waals surface area contributed by atoms with Gasteiger partial charge in [-0.25, -0.2) is 9.13 Å². The molecule has 0 fully saturated rings. The molecule has 0 aliphatic carbocycles. The third-order valence-corrected chi connectivity index (χ3v) is 18.0. The van der Waals surface area contributed by atoms with Gasteiger partial charge in [-0.2, -0.15) is 0 Å². The number of carbonyl (C=O) groups excluding carboxylic acids is 4. The molecule has 0 saturated carbocycles. The average Bonchev–Trinajstić information content (AvgIpc) is 0.909. The van der Waals surface area contributed by atoms with E-state index >= 15 is 0 Å². The molecule has 0 heterocycles. The summed E-state index contributed by atoms with van der Waals surface area (Å²) in [6.45, 7) is 4.53. The molecule has 0 rings (SSSR count). The van der Waals surface area contributed by atoms with Crippen LogP contribution in [0.1, 0.15) is 310 Å². The van der Waals surface area contributed by atoms with Crippen molar-refractivity contribution in [2.45, 2.75) is 329 Å². The molecule has 0 saturated heterocycles. The second-order valence-electron chi connectivity index (χ2n) is 25.9. The summed E-state index contributed by atoms with van der Waals surface area (Å²) in [7, 11) is -9.98. The van der Waals surface area contributed by atoms with Crippen molar-refractivity contribution >= 4 is 39.5 Å². The first-order valence-corrected chi connectivity index (χ1v) is 42.4. The molecule has 0 spiro atoms. The summed E-state index contributed by atoms with van der Waals surface area (Å²) in [4.78, 5) is 72.9. The van der Waals surface area contributed by atoms with Crippen LogP contribution in [0.5, 0.6) is 0 Å². The van der Waals surface area contributed by atoms with Crippen LogP contribution < -0.4 is 0 Å². The monoisotopic (exact) mass is 1470 g/mol. The topological polar surface area (TPSA) is 237 Å². The minimum Gasteiger partial charge on any atom is -0.462 e. The number of ether oxygens (including phenoxy) is 4. The first kappa shape index (κ1) is 97.2. The van der Waals surface area contributed by atoms with Crippen LogP contribution >= 0.6 is 15.6 Å². The minimum absolute atomic E-state index is 0.0698. The fourth-order valence-corrected chi connectivity index (χ4v) is 11.7. The van der Waals surface area contributed by atoms with E-state index in [0.29, 0.717) is 32.1 Å². The molecular weight excluding hydrogens is 1330 g/mol. The average molecular weight is 1470 g/mol. The van der Waals surface area contributed by atoms with Crippen LogP contribution in [0.15, 0.2) is 134 Å². The predicted molar refractivity (Wildman–Crippen MR) is 418 cm³/mol. The zero-order chi connectivity index (χ0) is 74.6. The molecule has 0 aliphatic rings. The fourth-order valence-electron chi connectivity index (χ4n) is 10.2. The Hall–Kier alpha value is -4.80. The Morgan fingerprint density at radius 3 is 0.853 bits per heavy atom. The van der Waals surface area contributed by atoms with E-state index in [2.05, 4.69) is 149 Å². The number of hydrogen-bond donors (Lipinski definition) is 3. The zero-order valence-electron chi connectivity index (χ0n) is 63.7. The summed E-state index contributed by atoms with van der Waals surface area (Å²) in [6, 6.07) is 0. The van der Waals surface area contributed by atoms with Crippen LogP contribution in [0.2, 0.25) is 0 Å². The van der Waals surface area contributed by atoms with E-state index in [1.165, 1.54) is 77.0 Å². The van der Waals surface area contributed by atoms with Crippen LogP contribution in [0.25, 0.3) is 0 Å². The molecule has 0 bridgehead atoms. The smallest absolute Gasteiger partial charge is 0.462 e. The molecule has 0 radical (unpaired) electrons. The molecular formula is C83H140O17P2. The quantitative estimate of drug-likeness (QED) is 0.0169. The first-order chi connectivity index (χ1) is 49.7. The van der Waals surface area contributed by atoms with Gasteiger partial charge < -0.3 is 33.8 Å². The molecule has 0 aromatic heterocycles. The molecule has 5 unspecified atom stereocenters. The maximum Gasteiger partial charge on any atom is 0.472 e. The third-order valence-electron chi connectivity index (χ3n) is 16.1. The molecule has 0 amide bonds. The lowest BCUT2D eigenvalue weighted by molar-refractivity contribution is -0.161. The van der Waals surface area contributed by atoms with Gasteiger partial charge in [-0.05, 0) is 135 Å². The second-order valence-corrected chi connectivity index (χ2v) is 28.8. The molecule has 19 heteroatoms. The molecule has 0 aliphatic heterocycles. The Bertz CT molecular complexity index is 2460. The summed E-state index contributed by atoms with van der Waals surface area (Å²) in [6.07, 6.45) is 83.0. The fraction of sp³-hybridized carbons (Fsp3) is 0.687. The highest BCUT2D eigenvalue weighted by Gasteiger charge is 2.30. The number of aliphatic hydroxyl groups excluding tert-OH is 1. The maximum atomic E-state index is 13.1. The van der Waals surface area contributed by atoms with Crippen LogP contribution in [0.3, 0.4) is 0 Å². The largest absolute Gasteiger partial charge is 0.472 e. The number of carbonyl (C=O) groups is 4. The van der Waals surface area contributed by atoms with Crippen molar-refractivity contribution in [3.63, 3.8) is 0 Å². The highest BCUT2D eigenvalue weighted by Crippen LogP contribution is 2.45. The summed E-state index contributed by atoms with van der Waals surface area (Å²) in [5.74, 6) is -2.28. The van der Waals surface area contributed by atoms with Gasteiger partial charge in [0.25, 0.3) is 0 Å². The maximum absolute atomic E-state index is 13.1. The van der Waals surface area contributed by atoms with Gasteiger partial charge in [-0.15, -0.1) is 0 Å². The Labute approximate surface area is 618 Å². The first-order valence-electron chi connectivity index (χ1n) is 39.4. The molecule has 5 atom stereocenters. The Morgan fingerprint density at radius 2 is 0.520 bits per heavy atom. The number of rotatable bonds is 73. The molecule has 102 heavy (non-hydrogen) atoms. The number of unbranched alkanes of at least 4 members (excludes halogenated alkanes) is 25. The summed E-state index contributed by atoms with van der Waals surface area (Å²) >= 11 is 0. The normalized spacial score (nSPS) is 14.6. The number of esters is 4. The molecule has 0 aromatic rings. The van der Waals surface area contributed by atoms with E-state index in [0.717, 1.165) is 148 Å². The zero-order valence-corrected chi connectivity index (χ0v) is 65.5. The van der Waals surface area contributed by atoms with Crippen LogP contribution in [0, 0.1) is 0 Å². The van der Waals surface area contributed by atoms with E-state index in [1.807, 2.05) is 12.2 Å². The van der Waals surface area contributed by atoms with E-state index in [1.54, 1.807) is 0 Å². The lowest BCUT2D eigenvalue weighted by atomic mass is 10.0. The van der Waals surface area contributed by atoms with Crippen molar-refractivity contribution in [3.05, 3.63) is 134 Å². The highest BCUT2D eigenvalue weighted by atomic mass is 31.2. The number of allylic oxidation sites excluding steroid dienone is 22. The lowest BCUT2D eigenvalue weighted by Crippen LogP contribution is -2.30. The second kappa shape index (κ2) is 74.5. The Balaban J connectivity index is 5.41. The third kappa shape index (κ3) is 73.5. The van der Waals surface area contributed by atoms with Crippen molar-refractivity contribution in [1.82, 2.24) is 0 Å². The standard InChI is InChI=1S/C83H140O17P2/c1-5-9-13-17-21-25-29-33-35-37-38-40-42-46-48-52-56-60-64-68-81(86)94-74-79(100-83(88)70-66-62-58-54-50-44-32-28-24-20-16-12-8-4)76-98-102(91,92)96-72-77(84)71-95-101(89,90)97-75-78(99-82(87)69-65-61-57-53-49-43-31-27-23-19-15-11-7-3)73-93-80(85)67-63-59-55-51-47-45-41-39-36-34-30-26-22-18-14-10-6-2/h9-10,13-14,21-22,25-27,31,33-36,38,40-41,45-46,48,51,55,77-79,84H,5-8,11-12,15-20,23-24,28-30,32,37,39,42-44,47,49-50,52-54,56-76H2,1-4H3,(H,89,90)(H,91,92)/b13-9-,14-10-,25-21-,26-22-,31-27-,35-33-,36-34-,40-38-,45-41-,48-46-,55-51-. The van der Waals surface area contributed by atoms with E-state index in [4.69, 9.17) is 37.0 Å². The van der Waals surface area contributed by atoms with Gasteiger partial charge in [-0.3, -0.25) is 37.3 Å². The number of aliphatic hydroxyl groups is 1. The molecule has 3 N–H and O–H groups in total. The van der Waals surface area contributed by atoms with E-state index < -0.39 is 97.5 Å². The van der Waals surface area contributed by atoms with Gasteiger partial charge in [0.1, 0.15) is 19.3 Å². The van der Waals surface area contributed by atoms with Crippen molar-refractivity contribution in [3.8, 4) is 0 Å². The number of phosphoric acid groups is 2. The van der Waals surface area contributed by atoms with Crippen LogP contribution in [-0.4, -0.2) is 96.7 Å². The predicted octanol–water partition coefficient (Wildman–Crippen LogP) is 22.9. The summed E-state index contributed by atoms with van der Waals surface area (Å²) in [5.41, 5.74) is 0. The Morgan fingerprint density at radius 1 is 0.284 bits per heavy atom. The van der Waals surface area contributed by atoms with Gasteiger partial charge in [0.05, 0.1) is 26.4 Å². The number of phosphoric ester groups is 2. The van der Waals surface area contributed by atoms with Crippen molar-refractivity contribution < 1.29 is 80.2 Å².